The summed E-state index contributed by atoms with van der Waals surface area (Å²) >= 11 is 0. The van der Waals surface area contributed by atoms with Gasteiger partial charge in [-0.3, -0.25) is 9.59 Å². The van der Waals surface area contributed by atoms with Crippen LogP contribution in [0, 0.1) is 13.8 Å². The Morgan fingerprint density at radius 3 is 2.48 bits per heavy atom. The lowest BCUT2D eigenvalue weighted by Crippen LogP contribution is -2.29. The van der Waals surface area contributed by atoms with Crippen molar-refractivity contribution in [2.24, 2.45) is 7.05 Å². The fourth-order valence-electron chi connectivity index (χ4n) is 3.20. The van der Waals surface area contributed by atoms with Crippen LogP contribution in [-0.2, 0) is 23.1 Å². The number of amides is 1. The lowest BCUT2D eigenvalue weighted by Gasteiger charge is -2.07. The summed E-state index contributed by atoms with van der Waals surface area (Å²) in [6, 6.07) is 11.0. The van der Waals surface area contributed by atoms with E-state index in [0.29, 0.717) is 18.4 Å². The number of aryl methyl sites for hydroxylation is 2. The molecule has 2 aromatic rings. The molecule has 1 aliphatic rings. The van der Waals surface area contributed by atoms with Gasteiger partial charge in [0.1, 0.15) is 11.3 Å². The van der Waals surface area contributed by atoms with E-state index in [1.165, 1.54) is 0 Å². The van der Waals surface area contributed by atoms with Crippen LogP contribution in [0.25, 0.3) is 5.76 Å². The number of hydrogen-bond acceptors (Lipinski definition) is 3. The van der Waals surface area contributed by atoms with Crippen molar-refractivity contribution in [3.05, 3.63) is 64.5 Å². The maximum absolute atomic E-state index is 12.6. The minimum absolute atomic E-state index is 0.133. The number of carbonyl (C=O) groups excluding carboxylic acids is 2. The summed E-state index contributed by atoms with van der Waals surface area (Å²) in [5.41, 5.74) is 3.27. The van der Waals surface area contributed by atoms with E-state index in [0.717, 1.165) is 17.0 Å². The topological polar surface area (TPSA) is 71.3 Å². The van der Waals surface area contributed by atoms with E-state index < -0.39 is 11.9 Å². The molecule has 0 radical (unpaired) electrons. The Morgan fingerprint density at radius 2 is 1.88 bits per heavy atom. The van der Waals surface area contributed by atoms with Crippen molar-refractivity contribution >= 4 is 17.4 Å². The van der Waals surface area contributed by atoms with Gasteiger partial charge in [0.05, 0.1) is 6.04 Å². The zero-order valence-electron chi connectivity index (χ0n) is 14.7. The van der Waals surface area contributed by atoms with Gasteiger partial charge in [0, 0.05) is 24.0 Å². The molecule has 1 amide bonds. The first-order valence-corrected chi connectivity index (χ1v) is 8.35. The maximum Gasteiger partial charge on any atom is 0.259 e. The molecule has 0 saturated carbocycles. The van der Waals surface area contributed by atoms with Crippen molar-refractivity contribution in [2.45, 2.75) is 32.7 Å². The van der Waals surface area contributed by atoms with Gasteiger partial charge in [-0.1, -0.05) is 30.3 Å². The molecule has 1 atom stereocenters. The normalized spacial score (nSPS) is 19.2. The number of aliphatic hydroxyl groups is 1. The maximum atomic E-state index is 12.6. The molecule has 2 N–H and O–H groups in total. The number of carbonyl (C=O) groups is 2. The fraction of sp³-hybridized carbons (Fsp3) is 0.300. The van der Waals surface area contributed by atoms with Crippen LogP contribution in [-0.4, -0.2) is 27.4 Å². The molecule has 1 aliphatic heterocycles. The molecule has 2 heterocycles. The van der Waals surface area contributed by atoms with Gasteiger partial charge in [-0.25, -0.2) is 0 Å². The molecule has 1 saturated heterocycles. The Bertz CT molecular complexity index is 863. The van der Waals surface area contributed by atoms with E-state index in [1.54, 1.807) is 6.07 Å². The van der Waals surface area contributed by atoms with Crippen LogP contribution in [0.15, 0.2) is 42.0 Å². The molecule has 3 rings (SSSR count). The monoisotopic (exact) mass is 338 g/mol. The van der Waals surface area contributed by atoms with Crippen LogP contribution >= 0.6 is 0 Å². The van der Waals surface area contributed by atoms with Crippen molar-refractivity contribution in [1.29, 1.82) is 0 Å². The Labute approximate surface area is 147 Å². The Morgan fingerprint density at radius 1 is 1.20 bits per heavy atom. The Hall–Kier alpha value is -2.82. The molecule has 1 aromatic heterocycles. The molecule has 5 heteroatoms. The standard InChI is InChI=1S/C20H22N2O3/c1-12-11-15(13(2)22(12)3)18(23)17-19(24)16(21-20(17)25)10-9-14-7-5-4-6-8-14/h4-8,11,16,23H,9-10H2,1-3H3,(H,21,25). The van der Waals surface area contributed by atoms with Crippen LogP contribution in [0.5, 0.6) is 0 Å². The highest BCUT2D eigenvalue weighted by molar-refractivity contribution is 6.30. The van der Waals surface area contributed by atoms with E-state index in [9.17, 15) is 14.7 Å². The third-order valence-corrected chi connectivity index (χ3v) is 4.93. The second-order valence-electron chi connectivity index (χ2n) is 6.48. The smallest absolute Gasteiger partial charge is 0.259 e. The molecular formula is C20H22N2O3. The minimum Gasteiger partial charge on any atom is -0.506 e. The first-order valence-electron chi connectivity index (χ1n) is 8.35. The molecule has 1 fully saturated rings. The SMILES string of the molecule is Cc1cc(C(O)=C2C(=O)NC(CCc3ccccc3)C2=O)c(C)n1C. The molecule has 0 spiro atoms. The van der Waals surface area contributed by atoms with Gasteiger partial charge in [0.2, 0.25) is 0 Å². The summed E-state index contributed by atoms with van der Waals surface area (Å²) in [5.74, 6) is -1.06. The predicted molar refractivity (Wildman–Crippen MR) is 96.1 cm³/mol. The fourth-order valence-corrected chi connectivity index (χ4v) is 3.20. The number of Topliss-reactive ketones (excluding diaryl/α,β-unsaturated/α-hetero) is 1. The van der Waals surface area contributed by atoms with E-state index in [2.05, 4.69) is 5.32 Å². The van der Waals surface area contributed by atoms with Crippen molar-refractivity contribution in [3.8, 4) is 0 Å². The zero-order chi connectivity index (χ0) is 18.1. The Kier molecular flexibility index (Phi) is 4.49. The largest absolute Gasteiger partial charge is 0.506 e. The second kappa shape index (κ2) is 6.59. The van der Waals surface area contributed by atoms with Gasteiger partial charge in [-0.05, 0) is 38.3 Å². The third kappa shape index (κ3) is 3.09. The quantitative estimate of drug-likeness (QED) is 0.511. The number of ketones is 1. The van der Waals surface area contributed by atoms with E-state index in [4.69, 9.17) is 0 Å². The van der Waals surface area contributed by atoms with Crippen LogP contribution in [0.4, 0.5) is 0 Å². The van der Waals surface area contributed by atoms with Crippen LogP contribution in [0.1, 0.15) is 28.9 Å². The van der Waals surface area contributed by atoms with Crippen molar-refractivity contribution in [1.82, 2.24) is 9.88 Å². The highest BCUT2D eigenvalue weighted by Gasteiger charge is 2.38. The number of aromatic nitrogens is 1. The second-order valence-corrected chi connectivity index (χ2v) is 6.48. The molecule has 0 bridgehead atoms. The van der Waals surface area contributed by atoms with Crippen LogP contribution in [0.3, 0.4) is 0 Å². The number of benzene rings is 1. The highest BCUT2D eigenvalue weighted by atomic mass is 16.3. The zero-order valence-corrected chi connectivity index (χ0v) is 14.7. The van der Waals surface area contributed by atoms with Gasteiger partial charge in [0.25, 0.3) is 5.91 Å². The minimum atomic E-state index is -0.588. The third-order valence-electron chi connectivity index (χ3n) is 4.93. The van der Waals surface area contributed by atoms with Gasteiger partial charge in [-0.15, -0.1) is 0 Å². The molecule has 0 aliphatic carbocycles. The average molecular weight is 338 g/mol. The Balaban J connectivity index is 1.84. The number of rotatable bonds is 4. The van der Waals surface area contributed by atoms with Gasteiger partial charge in [-0.2, -0.15) is 0 Å². The summed E-state index contributed by atoms with van der Waals surface area (Å²) in [4.78, 5) is 24.9. The number of nitrogens with one attached hydrogen (secondary N) is 1. The molecule has 1 aromatic carbocycles. The van der Waals surface area contributed by atoms with Gasteiger partial charge in [0.15, 0.2) is 5.78 Å². The number of hydrogen-bond donors (Lipinski definition) is 2. The van der Waals surface area contributed by atoms with Crippen LogP contribution < -0.4 is 5.32 Å². The first kappa shape index (κ1) is 17.0. The molecular weight excluding hydrogens is 316 g/mol. The summed E-state index contributed by atoms with van der Waals surface area (Å²) in [6.07, 6.45) is 1.20. The molecule has 130 valence electrons. The molecule has 1 unspecified atom stereocenters. The average Bonchev–Trinajstić information content (AvgIpc) is 3.03. The number of nitrogens with zero attached hydrogens (tertiary/aromatic N) is 1. The molecule has 5 nitrogen and oxygen atoms in total. The molecule has 25 heavy (non-hydrogen) atoms. The summed E-state index contributed by atoms with van der Waals surface area (Å²) in [7, 11) is 1.88. The van der Waals surface area contributed by atoms with E-state index in [-0.39, 0.29) is 17.1 Å². The lowest BCUT2D eigenvalue weighted by atomic mass is 9.99. The number of aliphatic hydroxyl groups excluding tert-OH is 1. The van der Waals surface area contributed by atoms with E-state index >= 15 is 0 Å². The first-order chi connectivity index (χ1) is 11.9. The van der Waals surface area contributed by atoms with Crippen molar-refractivity contribution < 1.29 is 14.7 Å². The summed E-state index contributed by atoms with van der Waals surface area (Å²) in [6.45, 7) is 3.76. The van der Waals surface area contributed by atoms with Gasteiger partial charge >= 0.3 is 0 Å². The van der Waals surface area contributed by atoms with Crippen LogP contribution in [0.2, 0.25) is 0 Å². The summed E-state index contributed by atoms with van der Waals surface area (Å²) < 4.78 is 1.91. The predicted octanol–water partition coefficient (Wildman–Crippen LogP) is 2.61. The van der Waals surface area contributed by atoms with Gasteiger partial charge < -0.3 is 15.0 Å². The highest BCUT2D eigenvalue weighted by Crippen LogP contribution is 2.27. The van der Waals surface area contributed by atoms with Crippen molar-refractivity contribution in [2.75, 3.05) is 0 Å². The summed E-state index contributed by atoms with van der Waals surface area (Å²) in [5, 5.41) is 13.3. The van der Waals surface area contributed by atoms with Crippen molar-refractivity contribution in [3.63, 3.8) is 0 Å². The van der Waals surface area contributed by atoms with E-state index in [1.807, 2.05) is 55.8 Å². The lowest BCUT2D eigenvalue weighted by molar-refractivity contribution is -0.117.